The van der Waals surface area contributed by atoms with Crippen LogP contribution in [0.2, 0.25) is 0 Å². The third-order valence-electron chi connectivity index (χ3n) is 4.15. The molecule has 0 spiro atoms. The number of hydrogen-bond acceptors (Lipinski definition) is 4. The number of nitrogens with one attached hydrogen (secondary N) is 1. The smallest absolute Gasteiger partial charge is 0.238 e. The third-order valence-corrected chi connectivity index (χ3v) is 5.08. The molecule has 0 heterocycles. The van der Waals surface area contributed by atoms with Crippen LogP contribution < -0.4 is 16.2 Å². The van der Waals surface area contributed by atoms with Crippen molar-refractivity contribution in [1.82, 2.24) is 5.32 Å². The van der Waals surface area contributed by atoms with Crippen LogP contribution in [0.5, 0.6) is 0 Å². The predicted molar refractivity (Wildman–Crippen MR) is 91.6 cm³/mol. The number of hydrogen-bond donors (Lipinski definition) is 3. The highest BCUT2D eigenvalue weighted by molar-refractivity contribution is 7.89. The van der Waals surface area contributed by atoms with Crippen LogP contribution in [0.4, 0.5) is 0 Å². The van der Waals surface area contributed by atoms with E-state index in [1.165, 1.54) is 12.1 Å². The van der Waals surface area contributed by atoms with E-state index in [-0.39, 0.29) is 41.2 Å². The van der Waals surface area contributed by atoms with Gasteiger partial charge < -0.3 is 11.1 Å². The molecule has 23 heavy (non-hydrogen) atoms. The lowest BCUT2D eigenvalue weighted by Crippen LogP contribution is -2.38. The van der Waals surface area contributed by atoms with Crippen molar-refractivity contribution in [1.29, 1.82) is 0 Å². The van der Waals surface area contributed by atoms with Gasteiger partial charge in [-0.3, -0.25) is 4.79 Å². The number of nitrogens with two attached hydrogens (primary N) is 2. The Morgan fingerprint density at radius 2 is 1.87 bits per heavy atom. The number of benzene rings is 1. The standard InChI is InChI=1S/C15H23N3O3S.ClH/c1-10(11-5-7-14(8-6-11)22(17,20)21)18-15(19)12-3-2-4-13(16)9-12;/h5-8,10,12-13H,2-4,9,16H2,1H3,(H,18,19)(H2,17,20,21);1H. The Morgan fingerprint density at radius 1 is 1.26 bits per heavy atom. The van der Waals surface area contributed by atoms with Gasteiger partial charge in [0.05, 0.1) is 10.9 Å². The number of halogens is 1. The van der Waals surface area contributed by atoms with Crippen LogP contribution in [-0.2, 0) is 14.8 Å². The van der Waals surface area contributed by atoms with Gasteiger partial charge in [0.2, 0.25) is 15.9 Å². The Morgan fingerprint density at radius 3 is 2.39 bits per heavy atom. The number of amides is 1. The van der Waals surface area contributed by atoms with Gasteiger partial charge in [0, 0.05) is 12.0 Å². The number of primary sulfonamides is 1. The highest BCUT2D eigenvalue weighted by Gasteiger charge is 2.26. The first-order chi connectivity index (χ1) is 10.3. The van der Waals surface area contributed by atoms with Crippen molar-refractivity contribution in [2.75, 3.05) is 0 Å². The molecule has 6 nitrogen and oxygen atoms in total. The van der Waals surface area contributed by atoms with E-state index in [4.69, 9.17) is 10.9 Å². The minimum absolute atomic E-state index is 0. The SMILES string of the molecule is CC(NC(=O)C1CCCC(N)C1)c1ccc(S(N)(=O)=O)cc1.Cl. The molecule has 3 atom stereocenters. The molecule has 5 N–H and O–H groups in total. The Hall–Kier alpha value is -1.15. The fourth-order valence-corrected chi connectivity index (χ4v) is 3.34. The van der Waals surface area contributed by atoms with E-state index in [1.807, 2.05) is 6.92 Å². The Balaban J connectivity index is 0.00000264. The minimum atomic E-state index is -3.69. The number of carbonyl (C=O) groups is 1. The van der Waals surface area contributed by atoms with Crippen LogP contribution in [0, 0.1) is 5.92 Å². The summed E-state index contributed by atoms with van der Waals surface area (Å²) in [5.74, 6) is -0.0203. The fourth-order valence-electron chi connectivity index (χ4n) is 2.83. The molecule has 1 aliphatic carbocycles. The zero-order valence-electron chi connectivity index (χ0n) is 13.1. The zero-order chi connectivity index (χ0) is 16.3. The van der Waals surface area contributed by atoms with Gasteiger partial charge in [-0.25, -0.2) is 13.6 Å². The van der Waals surface area contributed by atoms with Gasteiger partial charge >= 0.3 is 0 Å². The van der Waals surface area contributed by atoms with E-state index < -0.39 is 10.0 Å². The summed E-state index contributed by atoms with van der Waals surface area (Å²) >= 11 is 0. The lowest BCUT2D eigenvalue weighted by Gasteiger charge is -2.27. The van der Waals surface area contributed by atoms with E-state index in [2.05, 4.69) is 5.32 Å². The van der Waals surface area contributed by atoms with E-state index in [0.717, 1.165) is 31.2 Å². The second kappa shape index (κ2) is 8.10. The van der Waals surface area contributed by atoms with E-state index in [0.29, 0.717) is 0 Å². The van der Waals surface area contributed by atoms with Gasteiger partial charge in [-0.1, -0.05) is 18.6 Å². The first-order valence-electron chi connectivity index (χ1n) is 7.46. The largest absolute Gasteiger partial charge is 0.349 e. The van der Waals surface area contributed by atoms with E-state index in [9.17, 15) is 13.2 Å². The quantitative estimate of drug-likeness (QED) is 0.752. The molecule has 0 aliphatic heterocycles. The summed E-state index contributed by atoms with van der Waals surface area (Å²) in [5.41, 5.74) is 6.75. The molecule has 130 valence electrons. The van der Waals surface area contributed by atoms with Crippen molar-refractivity contribution in [2.24, 2.45) is 16.8 Å². The van der Waals surface area contributed by atoms with Crippen LogP contribution in [0.15, 0.2) is 29.2 Å². The maximum Gasteiger partial charge on any atom is 0.238 e. The molecule has 0 bridgehead atoms. The molecule has 1 aromatic rings. The van der Waals surface area contributed by atoms with Gasteiger partial charge in [-0.15, -0.1) is 12.4 Å². The molecule has 1 aliphatic rings. The van der Waals surface area contributed by atoms with Crippen LogP contribution in [0.3, 0.4) is 0 Å². The maximum absolute atomic E-state index is 12.3. The number of sulfonamides is 1. The van der Waals surface area contributed by atoms with Gasteiger partial charge in [0.25, 0.3) is 0 Å². The molecule has 3 unspecified atom stereocenters. The van der Waals surface area contributed by atoms with Gasteiger partial charge in [-0.05, 0) is 43.9 Å². The van der Waals surface area contributed by atoms with Crippen molar-refractivity contribution >= 4 is 28.3 Å². The lowest BCUT2D eigenvalue weighted by atomic mass is 9.85. The summed E-state index contributed by atoms with van der Waals surface area (Å²) in [7, 11) is -3.69. The summed E-state index contributed by atoms with van der Waals surface area (Å²) in [6, 6.07) is 6.14. The van der Waals surface area contributed by atoms with Gasteiger partial charge in [0.1, 0.15) is 0 Å². The number of rotatable bonds is 4. The summed E-state index contributed by atoms with van der Waals surface area (Å²) in [5, 5.41) is 8.03. The van der Waals surface area contributed by atoms with Crippen molar-refractivity contribution < 1.29 is 13.2 Å². The number of carbonyl (C=O) groups excluding carboxylic acids is 1. The molecule has 1 fully saturated rings. The summed E-state index contributed by atoms with van der Waals surface area (Å²) < 4.78 is 22.5. The molecule has 8 heteroatoms. The average molecular weight is 362 g/mol. The highest BCUT2D eigenvalue weighted by atomic mass is 35.5. The molecule has 0 radical (unpaired) electrons. The van der Waals surface area contributed by atoms with Crippen LogP contribution in [0.25, 0.3) is 0 Å². The second-order valence-corrected chi connectivity index (χ2v) is 7.53. The van der Waals surface area contributed by atoms with Crippen LogP contribution in [0.1, 0.15) is 44.2 Å². The van der Waals surface area contributed by atoms with Crippen LogP contribution in [-0.4, -0.2) is 20.4 Å². The minimum Gasteiger partial charge on any atom is -0.349 e. The molecule has 1 aromatic carbocycles. The topological polar surface area (TPSA) is 115 Å². The molecule has 1 amide bonds. The Labute approximate surface area is 143 Å². The molecule has 0 aromatic heterocycles. The summed E-state index contributed by atoms with van der Waals surface area (Å²) in [6.07, 6.45) is 3.56. The highest BCUT2D eigenvalue weighted by Crippen LogP contribution is 2.24. The molecular weight excluding hydrogens is 338 g/mol. The molecule has 2 rings (SSSR count). The Kier molecular flexibility index (Phi) is 7.01. The monoisotopic (exact) mass is 361 g/mol. The van der Waals surface area contributed by atoms with Gasteiger partial charge in [0.15, 0.2) is 0 Å². The average Bonchev–Trinajstić information content (AvgIpc) is 2.46. The van der Waals surface area contributed by atoms with E-state index in [1.54, 1.807) is 12.1 Å². The maximum atomic E-state index is 12.3. The fraction of sp³-hybridized carbons (Fsp3) is 0.533. The van der Waals surface area contributed by atoms with E-state index >= 15 is 0 Å². The van der Waals surface area contributed by atoms with Crippen molar-refractivity contribution in [3.05, 3.63) is 29.8 Å². The second-order valence-electron chi connectivity index (χ2n) is 5.97. The van der Waals surface area contributed by atoms with Crippen molar-refractivity contribution in [3.63, 3.8) is 0 Å². The zero-order valence-corrected chi connectivity index (χ0v) is 14.7. The van der Waals surface area contributed by atoms with Gasteiger partial charge in [-0.2, -0.15) is 0 Å². The van der Waals surface area contributed by atoms with Crippen LogP contribution >= 0.6 is 12.4 Å². The molecular formula is C15H24ClN3O3S. The summed E-state index contributed by atoms with van der Waals surface area (Å²) in [6.45, 7) is 1.87. The first kappa shape index (κ1) is 19.9. The predicted octanol–water partition coefficient (Wildman–Crippen LogP) is 1.45. The molecule has 0 saturated heterocycles. The molecule has 1 saturated carbocycles. The normalized spacial score (nSPS) is 22.7. The lowest BCUT2D eigenvalue weighted by molar-refractivity contribution is -0.126. The first-order valence-corrected chi connectivity index (χ1v) is 9.00. The Bertz CT molecular complexity index is 634. The van der Waals surface area contributed by atoms with Crippen molar-refractivity contribution in [3.8, 4) is 0 Å². The summed E-state index contributed by atoms with van der Waals surface area (Å²) in [4.78, 5) is 12.3. The third kappa shape index (κ3) is 5.46. The van der Waals surface area contributed by atoms with Crippen molar-refractivity contribution in [2.45, 2.75) is 49.6 Å².